The van der Waals surface area contributed by atoms with E-state index in [9.17, 15) is 4.79 Å². The van der Waals surface area contributed by atoms with Gasteiger partial charge >= 0.3 is 0 Å². The summed E-state index contributed by atoms with van der Waals surface area (Å²) in [6.45, 7) is 5.91. The number of carbonyl (C=O) groups is 1. The number of amides is 1. The van der Waals surface area contributed by atoms with Crippen molar-refractivity contribution in [3.63, 3.8) is 0 Å². The molecule has 3 N–H and O–H groups in total. The lowest BCUT2D eigenvalue weighted by molar-refractivity contribution is 0.0927. The smallest absolute Gasteiger partial charge is 0.259 e. The van der Waals surface area contributed by atoms with Gasteiger partial charge in [0.05, 0.1) is 16.6 Å². The van der Waals surface area contributed by atoms with Gasteiger partial charge in [0.25, 0.3) is 11.6 Å². The summed E-state index contributed by atoms with van der Waals surface area (Å²) in [4.78, 5) is 17.1. The van der Waals surface area contributed by atoms with Gasteiger partial charge in [-0.3, -0.25) is 4.79 Å². The van der Waals surface area contributed by atoms with Gasteiger partial charge in [-0.15, -0.1) is 0 Å². The van der Waals surface area contributed by atoms with E-state index in [-0.39, 0.29) is 23.9 Å². The van der Waals surface area contributed by atoms with Gasteiger partial charge in [0.2, 0.25) is 0 Å². The number of nitrogens with zero attached hydrogens (tertiary/aromatic N) is 2. The summed E-state index contributed by atoms with van der Waals surface area (Å²) < 4.78 is 5.33. The number of rotatable bonds is 3. The van der Waals surface area contributed by atoms with Crippen LogP contribution in [0.25, 0.3) is 11.1 Å². The van der Waals surface area contributed by atoms with E-state index in [1.165, 1.54) is 0 Å². The van der Waals surface area contributed by atoms with Crippen LogP contribution in [0.4, 0.5) is 0 Å². The molecule has 1 aliphatic rings. The Kier molecular flexibility index (Phi) is 4.35. The molecule has 0 radical (unpaired) electrons. The molecule has 1 aliphatic carbocycles. The molecule has 0 aliphatic heterocycles. The Morgan fingerprint density at radius 2 is 2.04 bits per heavy atom. The maximum atomic E-state index is 12.8. The normalized spacial score (nSPS) is 21.8. The van der Waals surface area contributed by atoms with Gasteiger partial charge in [0.1, 0.15) is 0 Å². The Morgan fingerprint density at radius 1 is 1.35 bits per heavy atom. The first-order chi connectivity index (χ1) is 11.0. The molecule has 0 atom stereocenters. The third-order valence-electron chi connectivity index (χ3n) is 4.50. The highest BCUT2D eigenvalue weighted by Crippen LogP contribution is 2.28. The van der Waals surface area contributed by atoms with E-state index >= 15 is 0 Å². The monoisotopic (exact) mass is 316 g/mol. The molecule has 1 fully saturated rings. The van der Waals surface area contributed by atoms with Crippen molar-refractivity contribution in [3.05, 3.63) is 23.0 Å². The number of nitrogens with two attached hydrogens (primary N) is 1. The standard InChI is InChI=1S/C17H24N4O2/c1-9(2)15-14-13(8-10(3)19-17(14)23-21-15)16(22)20-12-6-4-11(18)5-7-12/h8-9,11-12H,4-7,18H2,1-3H3,(H,20,22). The van der Waals surface area contributed by atoms with E-state index < -0.39 is 0 Å². The first kappa shape index (κ1) is 15.9. The van der Waals surface area contributed by atoms with Gasteiger partial charge in [0, 0.05) is 17.8 Å². The summed E-state index contributed by atoms with van der Waals surface area (Å²) in [5.41, 5.74) is 8.50. The molecule has 0 bridgehead atoms. The van der Waals surface area contributed by atoms with Crippen molar-refractivity contribution in [2.24, 2.45) is 5.73 Å². The summed E-state index contributed by atoms with van der Waals surface area (Å²) in [6, 6.07) is 2.27. The predicted molar refractivity (Wildman–Crippen MR) is 88.3 cm³/mol. The van der Waals surface area contributed by atoms with Gasteiger partial charge in [0.15, 0.2) is 0 Å². The lowest BCUT2D eigenvalue weighted by Gasteiger charge is -2.26. The first-order valence-electron chi connectivity index (χ1n) is 8.29. The second-order valence-electron chi connectivity index (χ2n) is 6.80. The van der Waals surface area contributed by atoms with E-state index in [1.54, 1.807) is 0 Å². The topological polar surface area (TPSA) is 94.0 Å². The summed E-state index contributed by atoms with van der Waals surface area (Å²) in [5.74, 6) is 0.0889. The highest BCUT2D eigenvalue weighted by atomic mass is 16.5. The third-order valence-corrected chi connectivity index (χ3v) is 4.50. The highest BCUT2D eigenvalue weighted by molar-refractivity contribution is 6.06. The van der Waals surface area contributed by atoms with Gasteiger partial charge in [-0.05, 0) is 44.6 Å². The van der Waals surface area contributed by atoms with Crippen LogP contribution in [0.15, 0.2) is 10.6 Å². The van der Waals surface area contributed by atoms with Crippen LogP contribution >= 0.6 is 0 Å². The van der Waals surface area contributed by atoms with Crippen molar-refractivity contribution in [2.75, 3.05) is 0 Å². The number of hydrogen-bond donors (Lipinski definition) is 2. The number of aromatic nitrogens is 2. The van der Waals surface area contributed by atoms with Crippen LogP contribution in [-0.4, -0.2) is 28.1 Å². The van der Waals surface area contributed by atoms with Crippen LogP contribution in [0.5, 0.6) is 0 Å². The Hall–Kier alpha value is -1.95. The average Bonchev–Trinajstić information content (AvgIpc) is 2.92. The second kappa shape index (κ2) is 6.28. The molecule has 2 heterocycles. The molecular formula is C17H24N4O2. The molecule has 0 unspecified atom stereocenters. The van der Waals surface area contributed by atoms with Gasteiger partial charge < -0.3 is 15.6 Å². The number of carbonyl (C=O) groups excluding carboxylic acids is 1. The second-order valence-corrected chi connectivity index (χ2v) is 6.80. The fourth-order valence-corrected chi connectivity index (χ4v) is 3.20. The van der Waals surface area contributed by atoms with E-state index in [4.69, 9.17) is 10.3 Å². The Balaban J connectivity index is 1.91. The minimum atomic E-state index is -0.0777. The zero-order valence-electron chi connectivity index (χ0n) is 13.9. The average molecular weight is 316 g/mol. The molecule has 23 heavy (non-hydrogen) atoms. The van der Waals surface area contributed by atoms with Crippen molar-refractivity contribution < 1.29 is 9.32 Å². The highest BCUT2D eigenvalue weighted by Gasteiger charge is 2.24. The molecule has 0 aromatic carbocycles. The van der Waals surface area contributed by atoms with Crippen molar-refractivity contribution >= 4 is 17.0 Å². The van der Waals surface area contributed by atoms with E-state index in [0.29, 0.717) is 11.3 Å². The largest absolute Gasteiger partial charge is 0.349 e. The fraction of sp³-hybridized carbons (Fsp3) is 0.588. The zero-order valence-corrected chi connectivity index (χ0v) is 13.9. The van der Waals surface area contributed by atoms with Crippen LogP contribution in [0.1, 0.15) is 67.2 Å². The predicted octanol–water partition coefficient (Wildman–Crippen LogP) is 2.65. The molecule has 124 valence electrons. The summed E-state index contributed by atoms with van der Waals surface area (Å²) in [5, 5.41) is 7.97. The number of hydrogen-bond acceptors (Lipinski definition) is 5. The summed E-state index contributed by atoms with van der Waals surface area (Å²) in [7, 11) is 0. The lowest BCUT2D eigenvalue weighted by atomic mass is 9.91. The van der Waals surface area contributed by atoms with Crippen LogP contribution in [0.2, 0.25) is 0 Å². The lowest BCUT2D eigenvalue weighted by Crippen LogP contribution is -2.40. The number of pyridine rings is 1. The molecule has 3 rings (SSSR count). The molecular weight excluding hydrogens is 292 g/mol. The number of nitrogens with one attached hydrogen (secondary N) is 1. The van der Waals surface area contributed by atoms with Gasteiger partial charge in [-0.25, -0.2) is 4.98 Å². The Labute approximate surface area is 135 Å². The van der Waals surface area contributed by atoms with Crippen molar-refractivity contribution in [1.82, 2.24) is 15.5 Å². The summed E-state index contributed by atoms with van der Waals surface area (Å²) in [6.07, 6.45) is 3.78. The molecule has 2 aromatic rings. The fourth-order valence-electron chi connectivity index (χ4n) is 3.20. The number of fused-ring (bicyclic) bond motifs is 1. The van der Waals surface area contributed by atoms with E-state index in [2.05, 4.69) is 15.5 Å². The molecule has 1 saturated carbocycles. The minimum absolute atomic E-state index is 0.0777. The molecule has 6 nitrogen and oxygen atoms in total. The SMILES string of the molecule is Cc1cc(C(=O)NC2CCC(N)CC2)c2c(C(C)C)noc2n1. The minimum Gasteiger partial charge on any atom is -0.349 e. The van der Waals surface area contributed by atoms with Crippen molar-refractivity contribution in [1.29, 1.82) is 0 Å². The van der Waals surface area contributed by atoms with Crippen LogP contribution in [0.3, 0.4) is 0 Å². The van der Waals surface area contributed by atoms with Gasteiger partial charge in [-0.2, -0.15) is 0 Å². The molecule has 0 spiro atoms. The first-order valence-corrected chi connectivity index (χ1v) is 8.29. The van der Waals surface area contributed by atoms with E-state index in [1.807, 2.05) is 26.8 Å². The molecule has 1 amide bonds. The Morgan fingerprint density at radius 3 is 2.70 bits per heavy atom. The maximum Gasteiger partial charge on any atom is 0.259 e. The van der Waals surface area contributed by atoms with Crippen LogP contribution in [-0.2, 0) is 0 Å². The quantitative estimate of drug-likeness (QED) is 0.908. The van der Waals surface area contributed by atoms with Crippen LogP contribution < -0.4 is 11.1 Å². The van der Waals surface area contributed by atoms with Crippen molar-refractivity contribution in [3.8, 4) is 0 Å². The number of aryl methyl sites for hydroxylation is 1. The third kappa shape index (κ3) is 3.22. The molecule has 0 saturated heterocycles. The molecule has 2 aromatic heterocycles. The maximum absolute atomic E-state index is 12.8. The van der Waals surface area contributed by atoms with Crippen molar-refractivity contribution in [2.45, 2.75) is 64.5 Å². The Bertz CT molecular complexity index is 715. The van der Waals surface area contributed by atoms with Gasteiger partial charge in [-0.1, -0.05) is 19.0 Å². The summed E-state index contributed by atoms with van der Waals surface area (Å²) >= 11 is 0. The van der Waals surface area contributed by atoms with E-state index in [0.717, 1.165) is 42.5 Å². The van der Waals surface area contributed by atoms with Crippen LogP contribution in [0, 0.1) is 6.92 Å². The molecule has 6 heteroatoms. The zero-order chi connectivity index (χ0) is 16.6.